The van der Waals surface area contributed by atoms with E-state index in [2.05, 4.69) is 10.1 Å². The number of hydrogen-bond acceptors (Lipinski definition) is 4. The zero-order valence-electron chi connectivity index (χ0n) is 15.6. The molecule has 0 aromatic heterocycles. The van der Waals surface area contributed by atoms with Crippen LogP contribution >= 0.6 is 0 Å². The lowest BCUT2D eigenvalue weighted by Gasteiger charge is -2.23. The maximum Gasteiger partial charge on any atom is 0.387 e. The lowest BCUT2D eigenvalue weighted by atomic mass is 10.1. The molecular formula is C19H22F2N2O4S. The molecule has 0 spiro atoms. The van der Waals surface area contributed by atoms with Crippen molar-refractivity contribution in [2.45, 2.75) is 20.0 Å². The third-order valence-corrected chi connectivity index (χ3v) is 5.08. The molecule has 1 N–H and O–H groups in total. The van der Waals surface area contributed by atoms with Crippen LogP contribution in [-0.2, 0) is 21.2 Å². The highest BCUT2D eigenvalue weighted by atomic mass is 32.2. The summed E-state index contributed by atoms with van der Waals surface area (Å²) in [4.78, 5) is 12.2. The van der Waals surface area contributed by atoms with Crippen LogP contribution in [0.1, 0.15) is 11.1 Å². The summed E-state index contributed by atoms with van der Waals surface area (Å²) in [6, 6.07) is 13.0. The molecule has 0 aliphatic carbocycles. The van der Waals surface area contributed by atoms with Gasteiger partial charge in [-0.2, -0.15) is 8.78 Å². The first kappa shape index (κ1) is 21.6. The second-order valence-electron chi connectivity index (χ2n) is 6.18. The number of anilines is 1. The third-order valence-electron chi connectivity index (χ3n) is 3.96. The van der Waals surface area contributed by atoms with Gasteiger partial charge in [-0.3, -0.25) is 9.10 Å². The standard InChI is InChI=1S/C19H22F2N2O4S/c1-14-5-3-4-6-17(14)23(28(2,25)26)13-18(24)22-12-11-15-7-9-16(10-8-15)27-19(20)21/h3-10,19H,11-13H2,1-2H3,(H,22,24). The molecule has 0 saturated heterocycles. The average Bonchev–Trinajstić information content (AvgIpc) is 2.60. The van der Waals surface area contributed by atoms with Crippen LogP contribution in [0.15, 0.2) is 48.5 Å². The van der Waals surface area contributed by atoms with Crippen LogP contribution in [0.2, 0.25) is 0 Å². The smallest absolute Gasteiger partial charge is 0.387 e. The first-order valence-electron chi connectivity index (χ1n) is 8.50. The fourth-order valence-electron chi connectivity index (χ4n) is 2.59. The molecule has 0 radical (unpaired) electrons. The molecule has 152 valence electrons. The number of carbonyl (C=O) groups is 1. The molecule has 28 heavy (non-hydrogen) atoms. The molecule has 0 saturated carbocycles. The van der Waals surface area contributed by atoms with Gasteiger partial charge in [0.05, 0.1) is 11.9 Å². The number of carbonyl (C=O) groups excluding carboxylic acids is 1. The number of halogens is 2. The second kappa shape index (κ2) is 9.50. The summed E-state index contributed by atoms with van der Waals surface area (Å²) >= 11 is 0. The second-order valence-corrected chi connectivity index (χ2v) is 8.09. The molecule has 0 fully saturated rings. The van der Waals surface area contributed by atoms with E-state index in [4.69, 9.17) is 0 Å². The SMILES string of the molecule is Cc1ccccc1N(CC(=O)NCCc1ccc(OC(F)F)cc1)S(C)(=O)=O. The Balaban J connectivity index is 1.92. The number of hydrogen-bond donors (Lipinski definition) is 1. The number of benzene rings is 2. The quantitative estimate of drug-likeness (QED) is 0.687. The number of aryl methyl sites for hydroxylation is 1. The molecule has 2 aromatic rings. The summed E-state index contributed by atoms with van der Waals surface area (Å²) in [6.07, 6.45) is 1.51. The minimum absolute atomic E-state index is 0.0600. The molecule has 6 nitrogen and oxygen atoms in total. The van der Waals surface area contributed by atoms with E-state index in [0.29, 0.717) is 12.1 Å². The molecule has 2 aromatic carbocycles. The molecule has 0 aliphatic rings. The first-order chi connectivity index (χ1) is 13.2. The Morgan fingerprint density at radius 2 is 1.79 bits per heavy atom. The molecule has 0 atom stereocenters. The van der Waals surface area contributed by atoms with Gasteiger partial charge in [0.25, 0.3) is 0 Å². The monoisotopic (exact) mass is 412 g/mol. The highest BCUT2D eigenvalue weighted by Gasteiger charge is 2.21. The van der Waals surface area contributed by atoms with Crippen LogP contribution < -0.4 is 14.4 Å². The van der Waals surface area contributed by atoms with Gasteiger partial charge in [0.15, 0.2) is 0 Å². The Morgan fingerprint density at radius 3 is 2.36 bits per heavy atom. The van der Waals surface area contributed by atoms with E-state index in [1.54, 1.807) is 43.3 Å². The molecule has 0 heterocycles. The Kier molecular flexibility index (Phi) is 7.33. The normalized spacial score (nSPS) is 11.3. The average molecular weight is 412 g/mol. The summed E-state index contributed by atoms with van der Waals surface area (Å²) < 4.78 is 53.8. The third kappa shape index (κ3) is 6.49. The molecule has 0 unspecified atom stereocenters. The molecule has 2 rings (SSSR count). The van der Waals surface area contributed by atoms with Crippen molar-refractivity contribution >= 4 is 21.6 Å². The number of nitrogens with zero attached hydrogens (tertiary/aromatic N) is 1. The van der Waals surface area contributed by atoms with Crippen LogP contribution in [0.5, 0.6) is 5.75 Å². The van der Waals surface area contributed by atoms with E-state index in [9.17, 15) is 22.0 Å². The van der Waals surface area contributed by atoms with Crippen LogP contribution in [-0.4, -0.2) is 40.3 Å². The zero-order chi connectivity index (χ0) is 20.7. The van der Waals surface area contributed by atoms with Crippen LogP contribution in [0, 0.1) is 6.92 Å². The van der Waals surface area contributed by atoms with E-state index in [-0.39, 0.29) is 18.8 Å². The van der Waals surface area contributed by atoms with E-state index in [1.807, 2.05) is 0 Å². The summed E-state index contributed by atoms with van der Waals surface area (Å²) in [5.74, 6) is -0.379. The lowest BCUT2D eigenvalue weighted by molar-refractivity contribution is -0.119. The number of ether oxygens (including phenoxy) is 1. The fraction of sp³-hybridized carbons (Fsp3) is 0.316. The van der Waals surface area contributed by atoms with Crippen LogP contribution in [0.25, 0.3) is 0 Å². The van der Waals surface area contributed by atoms with Gasteiger partial charge in [0.1, 0.15) is 12.3 Å². The highest BCUT2D eigenvalue weighted by Crippen LogP contribution is 2.21. The lowest BCUT2D eigenvalue weighted by Crippen LogP contribution is -2.41. The van der Waals surface area contributed by atoms with Gasteiger partial charge in [0.2, 0.25) is 15.9 Å². The van der Waals surface area contributed by atoms with Gasteiger partial charge >= 0.3 is 6.61 Å². The van der Waals surface area contributed by atoms with Gasteiger partial charge in [-0.1, -0.05) is 30.3 Å². The molecule has 0 aliphatic heterocycles. The van der Waals surface area contributed by atoms with E-state index in [1.165, 1.54) is 12.1 Å². The van der Waals surface area contributed by atoms with E-state index >= 15 is 0 Å². The minimum Gasteiger partial charge on any atom is -0.435 e. The van der Waals surface area contributed by atoms with Crippen molar-refractivity contribution in [3.8, 4) is 5.75 Å². The van der Waals surface area contributed by atoms with Gasteiger partial charge in [0, 0.05) is 6.54 Å². The molecule has 9 heteroatoms. The van der Waals surface area contributed by atoms with Crippen molar-refractivity contribution in [3.05, 3.63) is 59.7 Å². The summed E-state index contributed by atoms with van der Waals surface area (Å²) in [6.45, 7) is -1.16. The highest BCUT2D eigenvalue weighted by molar-refractivity contribution is 7.92. The fourth-order valence-corrected chi connectivity index (χ4v) is 3.51. The predicted molar refractivity (Wildman–Crippen MR) is 103 cm³/mol. The Morgan fingerprint density at radius 1 is 1.14 bits per heavy atom. The van der Waals surface area contributed by atoms with E-state index < -0.39 is 22.5 Å². The summed E-state index contributed by atoms with van der Waals surface area (Å²) in [7, 11) is -3.63. The largest absolute Gasteiger partial charge is 0.435 e. The van der Waals surface area contributed by atoms with E-state index in [0.717, 1.165) is 21.7 Å². The van der Waals surface area contributed by atoms with Crippen molar-refractivity contribution < 1.29 is 26.7 Å². The Hall–Kier alpha value is -2.68. The number of alkyl halides is 2. The maximum atomic E-state index is 12.2. The first-order valence-corrected chi connectivity index (χ1v) is 10.4. The van der Waals surface area contributed by atoms with Crippen molar-refractivity contribution in [3.63, 3.8) is 0 Å². The van der Waals surface area contributed by atoms with Gasteiger partial charge in [-0.15, -0.1) is 0 Å². The number of para-hydroxylation sites is 1. The number of sulfonamides is 1. The number of amides is 1. The Bertz CT molecular complexity index is 902. The topological polar surface area (TPSA) is 75.7 Å². The van der Waals surface area contributed by atoms with Gasteiger partial charge < -0.3 is 10.1 Å². The van der Waals surface area contributed by atoms with Crippen LogP contribution in [0.4, 0.5) is 14.5 Å². The minimum atomic E-state index is -3.63. The molecule has 0 bridgehead atoms. The summed E-state index contributed by atoms with van der Waals surface area (Å²) in [5.41, 5.74) is 2.02. The van der Waals surface area contributed by atoms with Crippen molar-refractivity contribution in [2.24, 2.45) is 0 Å². The molecule has 1 amide bonds. The van der Waals surface area contributed by atoms with Crippen molar-refractivity contribution in [1.82, 2.24) is 5.32 Å². The van der Waals surface area contributed by atoms with Gasteiger partial charge in [-0.25, -0.2) is 8.42 Å². The van der Waals surface area contributed by atoms with Crippen molar-refractivity contribution in [2.75, 3.05) is 23.7 Å². The molecular weight excluding hydrogens is 390 g/mol. The number of nitrogens with one attached hydrogen (secondary N) is 1. The zero-order valence-corrected chi connectivity index (χ0v) is 16.4. The van der Waals surface area contributed by atoms with Crippen LogP contribution in [0.3, 0.4) is 0 Å². The predicted octanol–water partition coefficient (Wildman–Crippen LogP) is 2.72. The van der Waals surface area contributed by atoms with Crippen molar-refractivity contribution in [1.29, 1.82) is 0 Å². The maximum absolute atomic E-state index is 12.2. The number of rotatable bonds is 9. The summed E-state index contributed by atoms with van der Waals surface area (Å²) in [5, 5.41) is 2.67. The van der Waals surface area contributed by atoms with Gasteiger partial charge in [-0.05, 0) is 42.7 Å². The Labute approximate surface area is 163 Å².